The van der Waals surface area contributed by atoms with Crippen LogP contribution in [0.3, 0.4) is 0 Å². The highest BCUT2D eigenvalue weighted by atomic mass is 16.5. The van der Waals surface area contributed by atoms with Crippen LogP contribution in [0.1, 0.15) is 19.3 Å². The van der Waals surface area contributed by atoms with E-state index >= 15 is 0 Å². The maximum absolute atomic E-state index is 5.90. The molecule has 1 aliphatic rings. The second-order valence-electron chi connectivity index (χ2n) is 4.16. The summed E-state index contributed by atoms with van der Waals surface area (Å²) in [5.74, 6) is 1.04. The van der Waals surface area contributed by atoms with Crippen molar-refractivity contribution < 1.29 is 9.47 Å². The van der Waals surface area contributed by atoms with E-state index in [1.807, 2.05) is 0 Å². The summed E-state index contributed by atoms with van der Waals surface area (Å²) >= 11 is 0. The maximum atomic E-state index is 5.90. The minimum atomic E-state index is 0.331. The molecule has 1 aromatic heterocycles. The lowest BCUT2D eigenvalue weighted by atomic mass is 10.2. The van der Waals surface area contributed by atoms with Crippen LogP contribution in [-0.2, 0) is 4.74 Å². The molecule has 0 amide bonds. The van der Waals surface area contributed by atoms with Crippen molar-refractivity contribution in [1.82, 2.24) is 9.97 Å². The fraction of sp³-hybridized carbons (Fsp3) is 0.636. The lowest BCUT2D eigenvalue weighted by molar-refractivity contribution is 0.108. The minimum Gasteiger partial charge on any atom is -0.479 e. The van der Waals surface area contributed by atoms with Crippen molar-refractivity contribution in [3.8, 4) is 5.88 Å². The fourth-order valence-corrected chi connectivity index (χ4v) is 2.14. The summed E-state index contributed by atoms with van der Waals surface area (Å²) < 4.78 is 10.4. The largest absolute Gasteiger partial charge is 0.479 e. The van der Waals surface area contributed by atoms with Gasteiger partial charge in [0, 0.05) is 13.2 Å². The number of rotatable bonds is 4. The minimum absolute atomic E-state index is 0.331. The fourth-order valence-electron chi connectivity index (χ4n) is 2.14. The van der Waals surface area contributed by atoms with Gasteiger partial charge in [-0.2, -0.15) is 4.98 Å². The summed E-state index contributed by atoms with van der Waals surface area (Å²) in [6.07, 6.45) is 4.88. The molecule has 0 radical (unpaired) electrons. The SMILES string of the molecule is COc1ncnc(NC2CCC(OC)C2)c1N. The molecular weight excluding hydrogens is 220 g/mol. The number of hydrogen-bond acceptors (Lipinski definition) is 6. The lowest BCUT2D eigenvalue weighted by Crippen LogP contribution is -2.19. The molecule has 1 fully saturated rings. The van der Waals surface area contributed by atoms with E-state index in [0.29, 0.717) is 29.5 Å². The lowest BCUT2D eigenvalue weighted by Gasteiger charge is -2.15. The zero-order chi connectivity index (χ0) is 12.3. The smallest absolute Gasteiger partial charge is 0.242 e. The molecule has 0 spiro atoms. The summed E-state index contributed by atoms with van der Waals surface area (Å²) in [5, 5.41) is 3.31. The van der Waals surface area contributed by atoms with Crippen molar-refractivity contribution in [3.05, 3.63) is 6.33 Å². The first-order valence-corrected chi connectivity index (χ1v) is 5.68. The monoisotopic (exact) mass is 238 g/mol. The van der Waals surface area contributed by atoms with Gasteiger partial charge < -0.3 is 20.5 Å². The average Bonchev–Trinajstić information content (AvgIpc) is 2.79. The zero-order valence-corrected chi connectivity index (χ0v) is 10.1. The number of nitrogens with two attached hydrogens (primary N) is 1. The van der Waals surface area contributed by atoms with E-state index in [1.165, 1.54) is 6.33 Å². The quantitative estimate of drug-likeness (QED) is 0.815. The Bertz CT molecular complexity index is 386. The summed E-state index contributed by atoms with van der Waals surface area (Å²) in [6.45, 7) is 0. The molecule has 1 aliphatic carbocycles. The van der Waals surface area contributed by atoms with E-state index in [2.05, 4.69) is 15.3 Å². The van der Waals surface area contributed by atoms with Crippen molar-refractivity contribution in [2.75, 3.05) is 25.3 Å². The molecule has 1 saturated carbocycles. The second-order valence-corrected chi connectivity index (χ2v) is 4.16. The summed E-state index contributed by atoms with van der Waals surface area (Å²) in [5.41, 5.74) is 6.35. The molecule has 0 aromatic carbocycles. The number of aromatic nitrogens is 2. The average molecular weight is 238 g/mol. The number of ether oxygens (including phenoxy) is 2. The molecule has 3 N–H and O–H groups in total. The Kier molecular flexibility index (Phi) is 3.63. The van der Waals surface area contributed by atoms with Gasteiger partial charge in [0.15, 0.2) is 5.82 Å². The Morgan fingerprint density at radius 2 is 2.18 bits per heavy atom. The van der Waals surface area contributed by atoms with Crippen LogP contribution in [0, 0.1) is 0 Å². The first kappa shape index (κ1) is 11.9. The maximum Gasteiger partial charge on any atom is 0.242 e. The molecule has 1 heterocycles. The highest BCUT2D eigenvalue weighted by molar-refractivity contribution is 5.66. The molecule has 0 aliphatic heterocycles. The molecule has 6 heteroatoms. The standard InChI is InChI=1S/C11H18N4O2/c1-16-8-4-3-7(5-8)15-10-9(12)11(17-2)14-6-13-10/h6-8H,3-5,12H2,1-2H3,(H,13,14,15). The number of nitrogens with one attached hydrogen (secondary N) is 1. The molecule has 2 unspecified atom stereocenters. The van der Waals surface area contributed by atoms with Gasteiger partial charge in [-0.15, -0.1) is 0 Å². The molecule has 2 atom stereocenters. The topological polar surface area (TPSA) is 82.3 Å². The van der Waals surface area contributed by atoms with E-state index in [1.54, 1.807) is 14.2 Å². The van der Waals surface area contributed by atoms with Gasteiger partial charge in [0.05, 0.1) is 13.2 Å². The van der Waals surface area contributed by atoms with Crippen molar-refractivity contribution >= 4 is 11.5 Å². The predicted octanol–water partition coefficient (Wildman–Crippen LogP) is 1.05. The van der Waals surface area contributed by atoms with Crippen LogP contribution in [0.4, 0.5) is 11.5 Å². The normalized spacial score (nSPS) is 23.6. The van der Waals surface area contributed by atoms with Gasteiger partial charge in [-0.05, 0) is 19.3 Å². The van der Waals surface area contributed by atoms with Crippen molar-refractivity contribution in [2.24, 2.45) is 0 Å². The molecule has 2 rings (SSSR count). The Balaban J connectivity index is 2.04. The second kappa shape index (κ2) is 5.18. The molecule has 0 bridgehead atoms. The first-order chi connectivity index (χ1) is 8.24. The third kappa shape index (κ3) is 2.58. The van der Waals surface area contributed by atoms with Crippen LogP contribution < -0.4 is 15.8 Å². The third-order valence-electron chi connectivity index (χ3n) is 3.10. The zero-order valence-electron chi connectivity index (χ0n) is 10.1. The van der Waals surface area contributed by atoms with Gasteiger partial charge in [-0.1, -0.05) is 0 Å². The molecule has 94 valence electrons. The Morgan fingerprint density at radius 3 is 2.82 bits per heavy atom. The molecule has 6 nitrogen and oxygen atoms in total. The molecule has 0 saturated heterocycles. The van der Waals surface area contributed by atoms with Crippen molar-refractivity contribution in [1.29, 1.82) is 0 Å². The molecule has 17 heavy (non-hydrogen) atoms. The van der Waals surface area contributed by atoms with E-state index in [-0.39, 0.29) is 0 Å². The van der Waals surface area contributed by atoms with E-state index < -0.39 is 0 Å². The highest BCUT2D eigenvalue weighted by Gasteiger charge is 2.25. The van der Waals surface area contributed by atoms with Crippen LogP contribution in [0.25, 0.3) is 0 Å². The van der Waals surface area contributed by atoms with E-state index in [0.717, 1.165) is 19.3 Å². The van der Waals surface area contributed by atoms with Crippen LogP contribution in [-0.4, -0.2) is 36.3 Å². The van der Waals surface area contributed by atoms with Gasteiger partial charge in [-0.3, -0.25) is 0 Å². The Labute approximate surface area is 101 Å². The number of anilines is 2. The van der Waals surface area contributed by atoms with E-state index in [4.69, 9.17) is 15.2 Å². The van der Waals surface area contributed by atoms with Crippen molar-refractivity contribution in [3.63, 3.8) is 0 Å². The summed E-state index contributed by atoms with van der Waals surface area (Å²) in [6, 6.07) is 0.349. The van der Waals surface area contributed by atoms with Gasteiger partial charge in [0.2, 0.25) is 5.88 Å². The van der Waals surface area contributed by atoms with Gasteiger partial charge in [0.25, 0.3) is 0 Å². The van der Waals surface area contributed by atoms with Gasteiger partial charge >= 0.3 is 0 Å². The number of nitrogens with zero attached hydrogens (tertiary/aromatic N) is 2. The summed E-state index contributed by atoms with van der Waals surface area (Å²) in [7, 11) is 3.29. The Hall–Kier alpha value is -1.56. The van der Waals surface area contributed by atoms with Crippen molar-refractivity contribution in [2.45, 2.75) is 31.4 Å². The third-order valence-corrected chi connectivity index (χ3v) is 3.10. The van der Waals surface area contributed by atoms with E-state index in [9.17, 15) is 0 Å². The number of hydrogen-bond donors (Lipinski definition) is 2. The van der Waals surface area contributed by atoms with Gasteiger partial charge in [-0.25, -0.2) is 4.98 Å². The Morgan fingerprint density at radius 1 is 1.35 bits per heavy atom. The van der Waals surface area contributed by atoms with Crippen LogP contribution >= 0.6 is 0 Å². The molecular formula is C11H18N4O2. The number of methoxy groups -OCH3 is 2. The highest BCUT2D eigenvalue weighted by Crippen LogP contribution is 2.29. The molecule has 1 aromatic rings. The van der Waals surface area contributed by atoms with Crippen LogP contribution in [0.5, 0.6) is 5.88 Å². The van der Waals surface area contributed by atoms with Crippen LogP contribution in [0.2, 0.25) is 0 Å². The first-order valence-electron chi connectivity index (χ1n) is 5.68. The number of nitrogen functional groups attached to an aromatic ring is 1. The van der Waals surface area contributed by atoms with Gasteiger partial charge in [0.1, 0.15) is 12.0 Å². The van der Waals surface area contributed by atoms with Crippen LogP contribution in [0.15, 0.2) is 6.33 Å². The summed E-state index contributed by atoms with van der Waals surface area (Å²) in [4.78, 5) is 8.07. The predicted molar refractivity (Wildman–Crippen MR) is 65.1 cm³/mol.